The zero-order chi connectivity index (χ0) is 17.2. The summed E-state index contributed by atoms with van der Waals surface area (Å²) >= 11 is 6.48. The molecule has 1 aliphatic heterocycles. The third kappa shape index (κ3) is 3.32. The fourth-order valence-corrected chi connectivity index (χ4v) is 3.75. The maximum Gasteiger partial charge on any atom is 0.128 e. The van der Waals surface area contributed by atoms with E-state index in [1.165, 1.54) is 11.1 Å². The van der Waals surface area contributed by atoms with Gasteiger partial charge in [0.15, 0.2) is 0 Å². The van der Waals surface area contributed by atoms with Crippen molar-refractivity contribution in [1.29, 1.82) is 0 Å². The summed E-state index contributed by atoms with van der Waals surface area (Å²) in [6, 6.07) is 12.2. The van der Waals surface area contributed by atoms with E-state index in [0.29, 0.717) is 0 Å². The maximum atomic E-state index is 6.48. The zero-order valence-corrected chi connectivity index (χ0v) is 15.1. The Morgan fingerprint density at radius 1 is 1.00 bits per heavy atom. The van der Waals surface area contributed by atoms with Crippen molar-refractivity contribution in [3.8, 4) is 0 Å². The summed E-state index contributed by atoms with van der Waals surface area (Å²) in [6.45, 7) is 7.09. The molecule has 5 heteroatoms. The van der Waals surface area contributed by atoms with Gasteiger partial charge in [0.2, 0.25) is 0 Å². The van der Waals surface area contributed by atoms with E-state index >= 15 is 0 Å². The van der Waals surface area contributed by atoms with Gasteiger partial charge in [-0.25, -0.2) is 4.98 Å². The molecular weight excluding hydrogens is 332 g/mol. The van der Waals surface area contributed by atoms with Gasteiger partial charge in [-0.2, -0.15) is 0 Å². The molecule has 3 aromatic rings. The molecule has 1 saturated heterocycles. The first-order valence-corrected chi connectivity index (χ1v) is 9.01. The van der Waals surface area contributed by atoms with E-state index in [4.69, 9.17) is 11.6 Å². The molecule has 0 atom stereocenters. The number of anilines is 1. The van der Waals surface area contributed by atoms with Gasteiger partial charge in [0.1, 0.15) is 5.82 Å². The van der Waals surface area contributed by atoms with E-state index in [1.54, 1.807) is 0 Å². The minimum absolute atomic E-state index is 0.788. The number of aromatic nitrogens is 2. The molecule has 1 aromatic carbocycles. The molecular formula is C20H21ClN4. The second kappa shape index (κ2) is 6.98. The summed E-state index contributed by atoms with van der Waals surface area (Å²) in [5, 5.41) is 1.82. The van der Waals surface area contributed by atoms with Crippen molar-refractivity contribution >= 4 is 28.3 Å². The molecule has 0 saturated carbocycles. The predicted octanol–water partition coefficient (Wildman–Crippen LogP) is 3.91. The van der Waals surface area contributed by atoms with Crippen LogP contribution in [0.4, 0.5) is 5.82 Å². The topological polar surface area (TPSA) is 32.3 Å². The van der Waals surface area contributed by atoms with Crippen molar-refractivity contribution in [3.05, 3.63) is 64.9 Å². The van der Waals surface area contributed by atoms with Gasteiger partial charge in [-0.05, 0) is 48.4 Å². The fraction of sp³-hybridized carbons (Fsp3) is 0.300. The Kier molecular flexibility index (Phi) is 4.55. The summed E-state index contributed by atoms with van der Waals surface area (Å²) in [4.78, 5) is 13.8. The molecule has 128 valence electrons. The average molecular weight is 353 g/mol. The molecule has 25 heavy (non-hydrogen) atoms. The highest BCUT2D eigenvalue weighted by Gasteiger charge is 2.19. The molecule has 0 spiro atoms. The van der Waals surface area contributed by atoms with E-state index in [2.05, 4.69) is 38.8 Å². The Hall–Kier alpha value is -2.17. The lowest BCUT2D eigenvalue weighted by Gasteiger charge is -2.35. The van der Waals surface area contributed by atoms with Crippen molar-refractivity contribution < 1.29 is 0 Å². The molecule has 2 aromatic heterocycles. The normalized spacial score (nSPS) is 15.7. The third-order valence-corrected chi connectivity index (χ3v) is 5.26. The van der Waals surface area contributed by atoms with E-state index in [-0.39, 0.29) is 0 Å². The van der Waals surface area contributed by atoms with Gasteiger partial charge in [-0.3, -0.25) is 9.88 Å². The monoisotopic (exact) mass is 352 g/mol. The van der Waals surface area contributed by atoms with Crippen LogP contribution >= 0.6 is 11.6 Å². The lowest BCUT2D eigenvalue weighted by atomic mass is 10.0. The first-order valence-electron chi connectivity index (χ1n) is 8.63. The Morgan fingerprint density at radius 3 is 2.56 bits per heavy atom. The van der Waals surface area contributed by atoms with Gasteiger partial charge in [0.25, 0.3) is 0 Å². The molecule has 0 radical (unpaired) electrons. The summed E-state index contributed by atoms with van der Waals surface area (Å²) in [7, 11) is 0. The predicted molar refractivity (Wildman–Crippen MR) is 103 cm³/mol. The van der Waals surface area contributed by atoms with Crippen LogP contribution in [-0.2, 0) is 6.54 Å². The van der Waals surface area contributed by atoms with Gasteiger partial charge < -0.3 is 4.90 Å². The van der Waals surface area contributed by atoms with E-state index < -0.39 is 0 Å². The van der Waals surface area contributed by atoms with Gasteiger partial charge >= 0.3 is 0 Å². The number of fused-ring (bicyclic) bond motifs is 1. The van der Waals surface area contributed by atoms with Crippen LogP contribution in [0.2, 0.25) is 5.02 Å². The zero-order valence-electron chi connectivity index (χ0n) is 14.3. The lowest BCUT2D eigenvalue weighted by Crippen LogP contribution is -2.46. The molecule has 1 aliphatic rings. The van der Waals surface area contributed by atoms with Crippen LogP contribution in [0.25, 0.3) is 10.9 Å². The van der Waals surface area contributed by atoms with Crippen molar-refractivity contribution in [3.63, 3.8) is 0 Å². The van der Waals surface area contributed by atoms with Crippen LogP contribution in [0.3, 0.4) is 0 Å². The van der Waals surface area contributed by atoms with Crippen molar-refractivity contribution in [2.75, 3.05) is 31.1 Å². The first-order chi connectivity index (χ1) is 12.2. The molecule has 0 N–H and O–H groups in total. The van der Waals surface area contributed by atoms with Crippen LogP contribution in [0, 0.1) is 6.92 Å². The molecule has 1 fully saturated rings. The Labute approximate surface area is 153 Å². The molecule has 0 bridgehead atoms. The van der Waals surface area contributed by atoms with Crippen LogP contribution in [0.1, 0.15) is 11.1 Å². The highest BCUT2D eigenvalue weighted by molar-refractivity contribution is 6.35. The second-order valence-corrected chi connectivity index (χ2v) is 6.90. The Bertz CT molecular complexity index is 874. The standard InChI is InChI=1S/C20H21ClN4/c1-15-16(13-18(21)17-5-4-8-23-20(15)17)14-24-9-11-25(12-10-24)19-6-2-3-7-22-19/h2-8,13H,9-12,14H2,1H3. The minimum atomic E-state index is 0.788. The van der Waals surface area contributed by atoms with Gasteiger partial charge in [0, 0.05) is 50.5 Å². The SMILES string of the molecule is Cc1c(CN2CCN(c3ccccn3)CC2)cc(Cl)c2cccnc12. The minimum Gasteiger partial charge on any atom is -0.354 e. The Balaban J connectivity index is 1.49. The quantitative estimate of drug-likeness (QED) is 0.715. The van der Waals surface area contributed by atoms with Crippen molar-refractivity contribution in [1.82, 2.24) is 14.9 Å². The second-order valence-electron chi connectivity index (χ2n) is 6.49. The van der Waals surface area contributed by atoms with Crippen LogP contribution < -0.4 is 4.90 Å². The van der Waals surface area contributed by atoms with E-state index in [1.807, 2.05) is 36.7 Å². The number of halogens is 1. The van der Waals surface area contributed by atoms with Crippen molar-refractivity contribution in [2.45, 2.75) is 13.5 Å². The van der Waals surface area contributed by atoms with E-state index in [9.17, 15) is 0 Å². The Morgan fingerprint density at radius 2 is 1.80 bits per heavy atom. The number of rotatable bonds is 3. The van der Waals surface area contributed by atoms with E-state index in [0.717, 1.165) is 54.5 Å². The van der Waals surface area contributed by atoms with Gasteiger partial charge in [-0.1, -0.05) is 17.7 Å². The summed E-state index contributed by atoms with van der Waals surface area (Å²) < 4.78 is 0. The molecule has 0 aliphatic carbocycles. The number of benzene rings is 1. The largest absolute Gasteiger partial charge is 0.354 e. The van der Waals surface area contributed by atoms with Gasteiger partial charge in [-0.15, -0.1) is 0 Å². The van der Waals surface area contributed by atoms with Crippen LogP contribution in [-0.4, -0.2) is 41.0 Å². The highest BCUT2D eigenvalue weighted by Crippen LogP contribution is 2.28. The number of pyridine rings is 2. The summed E-state index contributed by atoms with van der Waals surface area (Å²) in [6.07, 6.45) is 3.69. The number of hydrogen-bond donors (Lipinski definition) is 0. The highest BCUT2D eigenvalue weighted by atomic mass is 35.5. The number of piperazine rings is 1. The first kappa shape index (κ1) is 16.3. The average Bonchev–Trinajstić information content (AvgIpc) is 2.67. The van der Waals surface area contributed by atoms with Crippen molar-refractivity contribution in [2.24, 2.45) is 0 Å². The molecule has 3 heterocycles. The number of aryl methyl sites for hydroxylation is 1. The number of hydrogen-bond acceptors (Lipinski definition) is 4. The number of nitrogens with zero attached hydrogens (tertiary/aromatic N) is 4. The lowest BCUT2D eigenvalue weighted by molar-refractivity contribution is 0.249. The third-order valence-electron chi connectivity index (χ3n) is 4.94. The molecule has 0 unspecified atom stereocenters. The fourth-order valence-electron chi connectivity index (χ4n) is 3.47. The summed E-state index contributed by atoms with van der Waals surface area (Å²) in [5.41, 5.74) is 3.51. The van der Waals surface area contributed by atoms with Crippen LogP contribution in [0.5, 0.6) is 0 Å². The van der Waals surface area contributed by atoms with Gasteiger partial charge in [0.05, 0.1) is 10.5 Å². The maximum absolute atomic E-state index is 6.48. The van der Waals surface area contributed by atoms with Crippen LogP contribution in [0.15, 0.2) is 48.8 Å². The molecule has 4 nitrogen and oxygen atoms in total. The molecule has 0 amide bonds. The molecule has 4 rings (SSSR count). The summed E-state index contributed by atoms with van der Waals surface area (Å²) in [5.74, 6) is 1.07. The smallest absolute Gasteiger partial charge is 0.128 e.